The number of urea groups is 2. The molecule has 0 saturated carbocycles. The Bertz CT molecular complexity index is 591. The maximum Gasteiger partial charge on any atom is 0.442 e. The second-order valence-electron chi connectivity index (χ2n) is 6.26. The Morgan fingerprint density at radius 2 is 1.26 bits per heavy atom. The average molecular weight is 346 g/mol. The average Bonchev–Trinajstić information content (AvgIpc) is 2.86. The van der Waals surface area contributed by atoms with E-state index >= 15 is 0 Å². The van der Waals surface area contributed by atoms with Crippen LogP contribution in [0.15, 0.2) is 0 Å². The van der Waals surface area contributed by atoms with Crippen molar-refractivity contribution in [2.45, 2.75) is 37.8 Å². The molecule has 0 aromatic carbocycles. The fourth-order valence-corrected chi connectivity index (χ4v) is 4.42. The van der Waals surface area contributed by atoms with E-state index < -0.39 is 22.5 Å². The highest BCUT2D eigenvalue weighted by molar-refractivity contribution is 7.81. The van der Waals surface area contributed by atoms with Gasteiger partial charge in [-0.05, 0) is 25.7 Å². The molecule has 10 nitrogen and oxygen atoms in total. The summed E-state index contributed by atoms with van der Waals surface area (Å²) in [5.41, 5.74) is 0. The van der Waals surface area contributed by atoms with Crippen molar-refractivity contribution in [1.82, 2.24) is 19.9 Å². The van der Waals surface area contributed by atoms with E-state index in [0.717, 1.165) is 23.0 Å². The second-order valence-corrected chi connectivity index (χ2v) is 7.37. The zero-order valence-electron chi connectivity index (χ0n) is 12.5. The highest BCUT2D eigenvalue weighted by Crippen LogP contribution is 2.29. The number of piperidine rings is 2. The third-order valence-corrected chi connectivity index (χ3v) is 5.40. The normalized spacial score (nSPS) is 30.6. The van der Waals surface area contributed by atoms with E-state index in [4.69, 9.17) is 8.57 Å². The van der Waals surface area contributed by atoms with Crippen molar-refractivity contribution in [3.63, 3.8) is 0 Å². The molecule has 11 heteroatoms. The van der Waals surface area contributed by atoms with Gasteiger partial charge in [-0.15, -0.1) is 8.57 Å². The molecular formula is C12H18N4O6S. The molecule has 0 aliphatic carbocycles. The van der Waals surface area contributed by atoms with Crippen LogP contribution in [0, 0.1) is 0 Å². The molecule has 0 aromatic heterocycles. The lowest BCUT2D eigenvalue weighted by Gasteiger charge is -2.23. The highest BCUT2D eigenvalue weighted by Gasteiger charge is 2.47. The number of hydrogen-bond donors (Lipinski definition) is 0. The van der Waals surface area contributed by atoms with E-state index in [0.29, 0.717) is 39.0 Å². The third-order valence-electron chi connectivity index (χ3n) is 4.72. The van der Waals surface area contributed by atoms with E-state index in [9.17, 15) is 18.0 Å². The Hall–Kier alpha value is -1.59. The maximum absolute atomic E-state index is 12.1. The zero-order chi connectivity index (χ0) is 16.2. The van der Waals surface area contributed by atoms with E-state index in [1.54, 1.807) is 9.80 Å². The standard InChI is InChI=1S/C12H18N4O6S/c17-11-13-5-1-3-9(7-13)15(11)21-23(19,20)22-16-10-4-2-6-14(8-10)12(16)18/h9-10H,1-8H2. The van der Waals surface area contributed by atoms with Gasteiger partial charge in [-0.3, -0.25) is 0 Å². The Kier molecular flexibility index (Phi) is 3.39. The maximum atomic E-state index is 12.1. The molecule has 128 valence electrons. The molecule has 4 amide bonds. The molecular weight excluding hydrogens is 328 g/mol. The molecule has 4 fully saturated rings. The van der Waals surface area contributed by atoms with Gasteiger partial charge >= 0.3 is 22.5 Å². The van der Waals surface area contributed by atoms with Crippen LogP contribution in [-0.2, 0) is 19.0 Å². The molecule has 0 spiro atoms. The molecule has 2 unspecified atom stereocenters. The fraction of sp³-hybridized carbons (Fsp3) is 0.833. The van der Waals surface area contributed by atoms with Crippen LogP contribution < -0.4 is 0 Å². The number of carbonyl (C=O) groups is 2. The van der Waals surface area contributed by atoms with Crippen LogP contribution in [0.5, 0.6) is 0 Å². The van der Waals surface area contributed by atoms with Gasteiger partial charge in [0.15, 0.2) is 0 Å². The SMILES string of the molecule is O=C1N2CCCC(C2)N1OS(=O)(=O)ON1C(=O)N2CCCC1C2. The van der Waals surface area contributed by atoms with Crippen LogP contribution in [0.1, 0.15) is 25.7 Å². The topological polar surface area (TPSA) is 99.7 Å². The van der Waals surface area contributed by atoms with Gasteiger partial charge in [-0.1, -0.05) is 0 Å². The molecule has 0 N–H and O–H groups in total. The molecule has 4 aliphatic heterocycles. The van der Waals surface area contributed by atoms with Crippen LogP contribution in [0.3, 0.4) is 0 Å². The smallest absolute Gasteiger partial charge is 0.321 e. The molecule has 4 bridgehead atoms. The molecule has 2 atom stereocenters. The predicted molar refractivity (Wildman–Crippen MR) is 74.7 cm³/mol. The monoisotopic (exact) mass is 346 g/mol. The first-order valence-electron chi connectivity index (χ1n) is 7.75. The summed E-state index contributed by atoms with van der Waals surface area (Å²) in [6.45, 7) is 2.09. The lowest BCUT2D eigenvalue weighted by atomic mass is 10.1. The summed E-state index contributed by atoms with van der Waals surface area (Å²) < 4.78 is 34.0. The molecule has 0 radical (unpaired) electrons. The number of rotatable bonds is 4. The van der Waals surface area contributed by atoms with Crippen molar-refractivity contribution in [2.24, 2.45) is 0 Å². The lowest BCUT2D eigenvalue weighted by molar-refractivity contribution is -0.0840. The number of carbonyl (C=O) groups excluding carboxylic acids is 2. The van der Waals surface area contributed by atoms with Gasteiger partial charge in [0.25, 0.3) is 0 Å². The first-order valence-corrected chi connectivity index (χ1v) is 9.08. The van der Waals surface area contributed by atoms with Crippen molar-refractivity contribution >= 4 is 22.5 Å². The Morgan fingerprint density at radius 3 is 1.65 bits per heavy atom. The zero-order valence-corrected chi connectivity index (χ0v) is 13.3. The largest absolute Gasteiger partial charge is 0.442 e. The molecule has 4 aliphatic rings. The Balaban J connectivity index is 1.46. The van der Waals surface area contributed by atoms with Crippen molar-refractivity contribution in [3.05, 3.63) is 0 Å². The predicted octanol–water partition coefficient (Wildman–Crippen LogP) is -0.106. The first-order chi connectivity index (χ1) is 10.9. The molecule has 4 heterocycles. The van der Waals surface area contributed by atoms with Gasteiger partial charge in [-0.25, -0.2) is 9.59 Å². The molecule has 23 heavy (non-hydrogen) atoms. The second kappa shape index (κ2) is 5.21. The van der Waals surface area contributed by atoms with Crippen LogP contribution in [0.4, 0.5) is 9.59 Å². The van der Waals surface area contributed by atoms with Gasteiger partial charge in [0.2, 0.25) is 0 Å². The summed E-state index contributed by atoms with van der Waals surface area (Å²) in [4.78, 5) is 27.2. The van der Waals surface area contributed by atoms with Crippen LogP contribution >= 0.6 is 0 Å². The summed E-state index contributed by atoms with van der Waals surface area (Å²) in [5, 5.41) is 1.71. The van der Waals surface area contributed by atoms with E-state index in [-0.39, 0.29) is 12.1 Å². The fourth-order valence-electron chi connectivity index (χ4n) is 3.63. The number of fused-ring (bicyclic) bond motifs is 4. The van der Waals surface area contributed by atoms with Crippen LogP contribution in [0.25, 0.3) is 0 Å². The van der Waals surface area contributed by atoms with Crippen molar-refractivity contribution in [3.8, 4) is 0 Å². The summed E-state index contributed by atoms with van der Waals surface area (Å²) in [5.74, 6) is 0. The summed E-state index contributed by atoms with van der Waals surface area (Å²) >= 11 is 0. The summed E-state index contributed by atoms with van der Waals surface area (Å²) in [6.07, 6.45) is 2.96. The quantitative estimate of drug-likeness (QED) is 0.704. The molecule has 0 aromatic rings. The van der Waals surface area contributed by atoms with Gasteiger partial charge in [0.1, 0.15) is 0 Å². The summed E-state index contributed by atoms with van der Waals surface area (Å²) in [7, 11) is -4.53. The number of hydrogen-bond acceptors (Lipinski definition) is 6. The minimum atomic E-state index is -4.53. The van der Waals surface area contributed by atoms with Crippen LogP contribution in [-0.4, -0.2) is 78.7 Å². The van der Waals surface area contributed by atoms with E-state index in [2.05, 4.69) is 0 Å². The molecule has 4 rings (SSSR count). The van der Waals surface area contributed by atoms with Crippen molar-refractivity contribution in [1.29, 1.82) is 0 Å². The van der Waals surface area contributed by atoms with Gasteiger partial charge < -0.3 is 9.80 Å². The first kappa shape index (κ1) is 15.0. The number of nitrogens with zero attached hydrogens (tertiary/aromatic N) is 4. The molecule has 4 saturated heterocycles. The Morgan fingerprint density at radius 1 is 0.826 bits per heavy atom. The lowest BCUT2D eigenvalue weighted by Crippen LogP contribution is -2.41. The third kappa shape index (κ3) is 2.52. The minimum Gasteiger partial charge on any atom is -0.321 e. The van der Waals surface area contributed by atoms with E-state index in [1.807, 2.05) is 0 Å². The summed E-state index contributed by atoms with van der Waals surface area (Å²) in [6, 6.07) is -1.55. The van der Waals surface area contributed by atoms with Gasteiger partial charge in [0, 0.05) is 26.2 Å². The Labute approximate surface area is 133 Å². The highest BCUT2D eigenvalue weighted by atomic mass is 32.3. The van der Waals surface area contributed by atoms with Crippen molar-refractivity contribution < 1.29 is 26.6 Å². The van der Waals surface area contributed by atoms with Crippen LogP contribution in [0.2, 0.25) is 0 Å². The van der Waals surface area contributed by atoms with Crippen molar-refractivity contribution in [2.75, 3.05) is 26.2 Å². The van der Waals surface area contributed by atoms with Gasteiger partial charge in [-0.2, -0.15) is 18.5 Å². The van der Waals surface area contributed by atoms with E-state index in [1.165, 1.54) is 0 Å². The number of hydroxylamine groups is 4. The number of amides is 4. The van der Waals surface area contributed by atoms with Gasteiger partial charge in [0.05, 0.1) is 12.1 Å². The minimum absolute atomic E-state index is 0.299.